The maximum atomic E-state index is 12.2. The Kier molecular flexibility index (Phi) is 3.10. The van der Waals surface area contributed by atoms with E-state index in [0.29, 0.717) is 10.7 Å². The van der Waals surface area contributed by atoms with Crippen LogP contribution in [-0.4, -0.2) is 34.9 Å². The lowest BCUT2D eigenvalue weighted by atomic mass is 9.96. The van der Waals surface area contributed by atoms with Gasteiger partial charge in [-0.3, -0.25) is 10.2 Å². The minimum absolute atomic E-state index is 0.131. The van der Waals surface area contributed by atoms with E-state index in [1.807, 2.05) is 6.07 Å². The topological polar surface area (TPSA) is 56.5 Å². The van der Waals surface area contributed by atoms with Crippen LogP contribution in [0.3, 0.4) is 0 Å². The van der Waals surface area contributed by atoms with Gasteiger partial charge in [0.1, 0.15) is 11.8 Å². The van der Waals surface area contributed by atoms with Gasteiger partial charge in [-0.15, -0.1) is 0 Å². The van der Waals surface area contributed by atoms with Gasteiger partial charge in [0, 0.05) is 18.8 Å². The molecule has 1 atom stereocenters. The molecule has 1 N–H and O–H groups in total. The minimum Gasteiger partial charge on any atom is -0.308 e. The zero-order valence-corrected chi connectivity index (χ0v) is 10.1. The quantitative estimate of drug-likeness (QED) is 0.638. The van der Waals surface area contributed by atoms with Crippen LogP contribution in [0.25, 0.3) is 0 Å². The molecule has 5 heteroatoms. The summed E-state index contributed by atoms with van der Waals surface area (Å²) in [6.07, 6.45) is 1.44. The van der Waals surface area contributed by atoms with Crippen LogP contribution in [0.2, 0.25) is 0 Å². The van der Waals surface area contributed by atoms with Crippen LogP contribution in [0.4, 0.5) is 0 Å². The van der Waals surface area contributed by atoms with Gasteiger partial charge < -0.3 is 4.90 Å². The Labute approximate surface area is 104 Å². The zero-order chi connectivity index (χ0) is 12.4. The fourth-order valence-corrected chi connectivity index (χ4v) is 1.74. The molecule has 0 radical (unpaired) electrons. The number of ketones is 1. The third kappa shape index (κ3) is 2.14. The first-order chi connectivity index (χ1) is 8.11. The maximum Gasteiger partial charge on any atom is 0.200 e. The van der Waals surface area contributed by atoms with E-state index in [1.165, 1.54) is 11.1 Å². The van der Waals surface area contributed by atoms with Crippen molar-refractivity contribution in [2.45, 2.75) is 0 Å². The van der Waals surface area contributed by atoms with Crippen molar-refractivity contribution in [3.05, 3.63) is 35.9 Å². The van der Waals surface area contributed by atoms with Crippen molar-refractivity contribution in [3.63, 3.8) is 0 Å². The summed E-state index contributed by atoms with van der Waals surface area (Å²) in [5.74, 6) is -0.610. The molecule has 86 valence electrons. The number of nitrogens with one attached hydrogen (secondary N) is 1. The molecule has 0 fully saturated rings. The van der Waals surface area contributed by atoms with Gasteiger partial charge in [0.15, 0.2) is 10.9 Å². The second kappa shape index (κ2) is 4.55. The highest BCUT2D eigenvalue weighted by atomic mass is 32.1. The first-order valence-electron chi connectivity index (χ1n) is 5.11. The molecule has 0 bridgehead atoms. The lowest BCUT2D eigenvalue weighted by Gasteiger charge is -2.26. The molecular weight excluding hydrogens is 234 g/mol. The van der Waals surface area contributed by atoms with Gasteiger partial charge in [0.2, 0.25) is 0 Å². The van der Waals surface area contributed by atoms with Crippen LogP contribution in [-0.2, 0) is 0 Å². The molecule has 1 aromatic carbocycles. The number of hydrogen-bond acceptors (Lipinski definition) is 3. The standard InChI is InChI=1S/C12H11N3OS/c1-15-11(13)9(7-14-12(15)17)10(16)8-5-3-2-4-6-8/h2-7,9,13H,1H3. The smallest absolute Gasteiger partial charge is 0.200 e. The monoisotopic (exact) mass is 245 g/mol. The van der Waals surface area contributed by atoms with Crippen molar-refractivity contribution in [3.8, 4) is 0 Å². The van der Waals surface area contributed by atoms with Crippen LogP contribution in [0.15, 0.2) is 35.3 Å². The number of thiocarbonyl (C=S) groups is 1. The van der Waals surface area contributed by atoms with Crippen LogP contribution in [0.1, 0.15) is 10.4 Å². The Hall–Kier alpha value is -1.88. The summed E-state index contributed by atoms with van der Waals surface area (Å²) in [7, 11) is 1.65. The average Bonchev–Trinajstić information content (AvgIpc) is 2.36. The molecule has 2 rings (SSSR count). The Morgan fingerprint density at radius 3 is 2.71 bits per heavy atom. The fraction of sp³-hybridized carbons (Fsp3) is 0.167. The average molecular weight is 245 g/mol. The summed E-state index contributed by atoms with van der Waals surface area (Å²) in [5.41, 5.74) is 0.579. The SMILES string of the molecule is CN1C(=N)C(C(=O)c2ccccc2)C=NC1=S. The molecular formula is C12H11N3OS. The van der Waals surface area contributed by atoms with E-state index >= 15 is 0 Å². The van der Waals surface area contributed by atoms with Gasteiger partial charge in [-0.1, -0.05) is 30.3 Å². The molecule has 0 aliphatic carbocycles. The van der Waals surface area contributed by atoms with Crippen LogP contribution in [0, 0.1) is 11.3 Å². The third-order valence-electron chi connectivity index (χ3n) is 2.62. The van der Waals surface area contributed by atoms with Gasteiger partial charge in [-0.05, 0) is 12.2 Å². The molecule has 0 aromatic heterocycles. The maximum absolute atomic E-state index is 12.2. The van der Waals surface area contributed by atoms with E-state index < -0.39 is 5.92 Å². The zero-order valence-electron chi connectivity index (χ0n) is 9.25. The van der Waals surface area contributed by atoms with Crippen molar-refractivity contribution in [1.29, 1.82) is 5.41 Å². The highest BCUT2D eigenvalue weighted by Gasteiger charge is 2.29. The number of carbonyl (C=O) groups is 1. The Bertz CT molecular complexity index is 510. The van der Waals surface area contributed by atoms with Gasteiger partial charge in [-0.25, -0.2) is 4.99 Å². The first kappa shape index (κ1) is 11.6. The fourth-order valence-electron chi connectivity index (χ4n) is 1.58. The Morgan fingerprint density at radius 1 is 1.41 bits per heavy atom. The van der Waals surface area contributed by atoms with Crippen LogP contribution in [0.5, 0.6) is 0 Å². The second-order valence-corrected chi connectivity index (χ2v) is 4.08. The van der Waals surface area contributed by atoms with Crippen LogP contribution < -0.4 is 0 Å². The highest BCUT2D eigenvalue weighted by Crippen LogP contribution is 2.14. The van der Waals surface area contributed by atoms with E-state index in [0.717, 1.165) is 0 Å². The van der Waals surface area contributed by atoms with E-state index in [1.54, 1.807) is 31.3 Å². The largest absolute Gasteiger partial charge is 0.308 e. The number of hydrogen-bond donors (Lipinski definition) is 1. The molecule has 1 unspecified atom stereocenters. The van der Waals surface area contributed by atoms with Crippen molar-refractivity contribution in [1.82, 2.24) is 4.90 Å². The molecule has 0 spiro atoms. The summed E-state index contributed by atoms with van der Waals surface area (Å²) < 4.78 is 0. The molecule has 1 aliphatic heterocycles. The third-order valence-corrected chi connectivity index (χ3v) is 3.00. The summed E-state index contributed by atoms with van der Waals surface area (Å²) in [6, 6.07) is 8.90. The number of carbonyl (C=O) groups excluding carboxylic acids is 1. The van der Waals surface area contributed by atoms with Gasteiger partial charge in [-0.2, -0.15) is 0 Å². The number of rotatable bonds is 2. The Balaban J connectivity index is 2.30. The predicted octanol–water partition coefficient (Wildman–Crippen LogP) is 1.76. The molecule has 1 aromatic rings. The number of Topliss-reactive ketones (excluding diaryl/α,β-unsaturated/α-hetero) is 1. The highest BCUT2D eigenvalue weighted by molar-refractivity contribution is 7.80. The van der Waals surface area contributed by atoms with Gasteiger partial charge >= 0.3 is 0 Å². The van der Waals surface area contributed by atoms with Crippen molar-refractivity contribution in [2.24, 2.45) is 10.9 Å². The van der Waals surface area contributed by atoms with Crippen molar-refractivity contribution < 1.29 is 4.79 Å². The number of aliphatic imine (C=N–C) groups is 1. The van der Waals surface area contributed by atoms with Crippen molar-refractivity contribution >= 4 is 35.2 Å². The van der Waals surface area contributed by atoms with E-state index in [9.17, 15) is 4.79 Å². The molecule has 4 nitrogen and oxygen atoms in total. The van der Waals surface area contributed by atoms with E-state index in [2.05, 4.69) is 4.99 Å². The molecule has 0 amide bonds. The van der Waals surface area contributed by atoms with E-state index in [4.69, 9.17) is 17.6 Å². The molecule has 1 heterocycles. The first-order valence-corrected chi connectivity index (χ1v) is 5.51. The summed E-state index contributed by atoms with van der Waals surface area (Å²) in [4.78, 5) is 17.6. The normalized spacial score (nSPS) is 19.6. The number of amidine groups is 1. The molecule has 1 aliphatic rings. The summed E-state index contributed by atoms with van der Waals surface area (Å²) in [5, 5.41) is 8.20. The van der Waals surface area contributed by atoms with E-state index in [-0.39, 0.29) is 11.6 Å². The molecule has 17 heavy (non-hydrogen) atoms. The summed E-state index contributed by atoms with van der Waals surface area (Å²) >= 11 is 4.94. The lowest BCUT2D eigenvalue weighted by molar-refractivity contribution is 0.0977. The Morgan fingerprint density at radius 2 is 2.06 bits per heavy atom. The number of benzene rings is 1. The van der Waals surface area contributed by atoms with Crippen LogP contribution >= 0.6 is 12.2 Å². The number of nitrogens with zero attached hydrogens (tertiary/aromatic N) is 2. The second-order valence-electron chi connectivity index (χ2n) is 3.71. The predicted molar refractivity (Wildman–Crippen MR) is 70.8 cm³/mol. The van der Waals surface area contributed by atoms with Gasteiger partial charge in [0.05, 0.1) is 0 Å². The molecule has 0 saturated heterocycles. The van der Waals surface area contributed by atoms with Gasteiger partial charge in [0.25, 0.3) is 0 Å². The summed E-state index contributed by atoms with van der Waals surface area (Å²) in [6.45, 7) is 0. The minimum atomic E-state index is -0.644. The van der Waals surface area contributed by atoms with Crippen molar-refractivity contribution in [2.75, 3.05) is 7.05 Å². The lowest BCUT2D eigenvalue weighted by Crippen LogP contribution is -2.43. The molecule has 0 saturated carbocycles.